The highest BCUT2D eigenvalue weighted by Gasteiger charge is 2.63. The van der Waals surface area contributed by atoms with E-state index in [2.05, 4.69) is 20.8 Å². The fourth-order valence-corrected chi connectivity index (χ4v) is 9.46. The molecule has 0 aliphatic heterocycles. The molecule has 2 unspecified atom stereocenters. The van der Waals surface area contributed by atoms with Crippen LogP contribution in [0.25, 0.3) is 0 Å². The molecule has 0 aromatic rings. The molecule has 198 valence electrons. The Kier molecular flexibility index (Phi) is 7.60. The molecular formula is C29H46O6. The second-order valence-electron chi connectivity index (χ2n) is 12.7. The Balaban J connectivity index is 1.57. The Morgan fingerprint density at radius 2 is 1.54 bits per heavy atom. The Labute approximate surface area is 211 Å². The average Bonchev–Trinajstić information content (AvgIpc) is 3.14. The number of hydrogen-bond donors (Lipinski definition) is 0. The van der Waals surface area contributed by atoms with Crippen LogP contribution in [0.2, 0.25) is 0 Å². The molecule has 0 radical (unpaired) electrons. The maximum absolute atomic E-state index is 12.2. The smallest absolute Gasteiger partial charge is 0.305 e. The summed E-state index contributed by atoms with van der Waals surface area (Å²) in [6.45, 7) is 10.3. The van der Waals surface area contributed by atoms with Crippen molar-refractivity contribution in [3.05, 3.63) is 0 Å². The summed E-state index contributed by atoms with van der Waals surface area (Å²) in [6, 6.07) is 0. The number of hydrogen-bond acceptors (Lipinski definition) is 6. The van der Waals surface area contributed by atoms with Crippen LogP contribution < -0.4 is 0 Å². The van der Waals surface area contributed by atoms with E-state index in [9.17, 15) is 14.4 Å². The molecule has 4 rings (SSSR count). The highest BCUT2D eigenvalue weighted by molar-refractivity contribution is 5.69. The molecule has 0 saturated heterocycles. The fourth-order valence-electron chi connectivity index (χ4n) is 9.46. The molecule has 6 heteroatoms. The lowest BCUT2D eigenvalue weighted by molar-refractivity contribution is -0.197. The van der Waals surface area contributed by atoms with Crippen LogP contribution >= 0.6 is 0 Å². The van der Waals surface area contributed by atoms with E-state index in [1.165, 1.54) is 39.7 Å². The van der Waals surface area contributed by atoms with Gasteiger partial charge in [-0.05, 0) is 98.2 Å². The summed E-state index contributed by atoms with van der Waals surface area (Å²) < 4.78 is 16.6. The monoisotopic (exact) mass is 490 g/mol. The highest BCUT2D eigenvalue weighted by atomic mass is 16.5. The van der Waals surface area contributed by atoms with E-state index < -0.39 is 0 Å². The normalized spacial score (nSPS) is 43.2. The fraction of sp³-hybridized carbons (Fsp3) is 0.897. The summed E-state index contributed by atoms with van der Waals surface area (Å²) in [5.74, 6) is 2.43. The van der Waals surface area contributed by atoms with E-state index in [-0.39, 0.29) is 40.9 Å². The predicted molar refractivity (Wildman–Crippen MR) is 132 cm³/mol. The van der Waals surface area contributed by atoms with E-state index in [1.807, 2.05) is 0 Å². The molecular weight excluding hydrogens is 444 g/mol. The second-order valence-corrected chi connectivity index (χ2v) is 12.7. The number of carbonyl (C=O) groups is 3. The molecule has 0 heterocycles. The zero-order chi connectivity index (χ0) is 25.5. The Hall–Kier alpha value is -1.59. The van der Waals surface area contributed by atoms with E-state index in [4.69, 9.17) is 14.2 Å². The van der Waals surface area contributed by atoms with Crippen molar-refractivity contribution < 1.29 is 28.6 Å². The molecule has 4 saturated carbocycles. The van der Waals surface area contributed by atoms with Gasteiger partial charge in [-0.25, -0.2) is 0 Å². The highest BCUT2D eigenvalue weighted by Crippen LogP contribution is 2.68. The van der Waals surface area contributed by atoms with Crippen molar-refractivity contribution in [1.29, 1.82) is 0 Å². The lowest BCUT2D eigenvalue weighted by Crippen LogP contribution is -2.59. The minimum absolute atomic E-state index is 0.0134. The predicted octanol–water partition coefficient (Wildman–Crippen LogP) is 5.71. The average molecular weight is 491 g/mol. The Morgan fingerprint density at radius 1 is 0.886 bits per heavy atom. The van der Waals surface area contributed by atoms with Crippen LogP contribution in [0.1, 0.15) is 98.8 Å². The van der Waals surface area contributed by atoms with Crippen molar-refractivity contribution >= 4 is 17.9 Å². The second kappa shape index (κ2) is 10.0. The topological polar surface area (TPSA) is 78.9 Å². The molecule has 0 bridgehead atoms. The summed E-state index contributed by atoms with van der Waals surface area (Å²) in [6.07, 6.45) is 9.80. The molecule has 4 aliphatic rings. The van der Waals surface area contributed by atoms with Gasteiger partial charge in [0.2, 0.25) is 0 Å². The van der Waals surface area contributed by atoms with Crippen molar-refractivity contribution in [2.24, 2.45) is 46.3 Å². The summed E-state index contributed by atoms with van der Waals surface area (Å²) in [5, 5.41) is 0. The van der Waals surface area contributed by atoms with Gasteiger partial charge in [0.1, 0.15) is 12.2 Å². The van der Waals surface area contributed by atoms with Gasteiger partial charge in [0.05, 0.1) is 7.11 Å². The maximum Gasteiger partial charge on any atom is 0.305 e. The van der Waals surface area contributed by atoms with Crippen LogP contribution in [-0.4, -0.2) is 37.2 Å². The zero-order valence-corrected chi connectivity index (χ0v) is 22.6. The van der Waals surface area contributed by atoms with Crippen LogP contribution in [0.5, 0.6) is 0 Å². The van der Waals surface area contributed by atoms with Gasteiger partial charge in [-0.1, -0.05) is 20.8 Å². The number of rotatable bonds is 6. The lowest BCUT2D eigenvalue weighted by atomic mass is 9.43. The van der Waals surface area contributed by atoms with Gasteiger partial charge in [-0.3, -0.25) is 14.4 Å². The van der Waals surface area contributed by atoms with Gasteiger partial charge in [0.15, 0.2) is 0 Å². The minimum Gasteiger partial charge on any atom is -0.469 e. The van der Waals surface area contributed by atoms with Gasteiger partial charge in [0.25, 0.3) is 0 Å². The van der Waals surface area contributed by atoms with Crippen LogP contribution in [-0.2, 0) is 28.6 Å². The molecule has 4 fully saturated rings. The standard InChI is InChI=1S/C29H46O6/c1-17(7-10-26(32)33-6)22-8-9-23-27-24(12-14-29(22,23)5)28(4)13-11-21(34-18(2)30)15-20(28)16-25(27)35-19(3)31/h17,20-25,27H,7-16H2,1-6H3/t17-,20?,21-,22-,23+,24+,25-,27+,28+,29?/m1/s1. The number of ether oxygens (including phenoxy) is 3. The first kappa shape index (κ1) is 26.5. The zero-order valence-electron chi connectivity index (χ0n) is 22.6. The van der Waals surface area contributed by atoms with E-state index in [1.54, 1.807) is 6.92 Å². The largest absolute Gasteiger partial charge is 0.469 e. The van der Waals surface area contributed by atoms with Crippen molar-refractivity contribution in [3.63, 3.8) is 0 Å². The van der Waals surface area contributed by atoms with Gasteiger partial charge in [0, 0.05) is 26.2 Å². The number of methoxy groups -OCH3 is 1. The summed E-state index contributed by atoms with van der Waals surface area (Å²) in [5.41, 5.74) is 0.418. The van der Waals surface area contributed by atoms with Gasteiger partial charge in [-0.2, -0.15) is 0 Å². The third-order valence-electron chi connectivity index (χ3n) is 11.1. The van der Waals surface area contributed by atoms with Crippen molar-refractivity contribution in [2.45, 2.75) is 111 Å². The molecule has 0 amide bonds. The molecule has 35 heavy (non-hydrogen) atoms. The van der Waals surface area contributed by atoms with Crippen LogP contribution in [0.3, 0.4) is 0 Å². The Bertz CT molecular complexity index is 824. The first-order chi connectivity index (χ1) is 16.5. The van der Waals surface area contributed by atoms with Crippen molar-refractivity contribution in [1.82, 2.24) is 0 Å². The molecule has 10 atom stereocenters. The first-order valence-corrected chi connectivity index (χ1v) is 13.9. The van der Waals surface area contributed by atoms with Crippen molar-refractivity contribution in [3.8, 4) is 0 Å². The quantitative estimate of drug-likeness (QED) is 0.351. The molecule has 0 aromatic carbocycles. The lowest BCUT2D eigenvalue weighted by Gasteiger charge is -2.62. The van der Waals surface area contributed by atoms with Crippen LogP contribution in [0.15, 0.2) is 0 Å². The molecule has 6 nitrogen and oxygen atoms in total. The van der Waals surface area contributed by atoms with Crippen LogP contribution in [0, 0.1) is 46.3 Å². The molecule has 0 aromatic heterocycles. The summed E-state index contributed by atoms with van der Waals surface area (Å²) >= 11 is 0. The van der Waals surface area contributed by atoms with Crippen LogP contribution in [0.4, 0.5) is 0 Å². The number of fused-ring (bicyclic) bond motifs is 5. The molecule has 0 spiro atoms. The van der Waals surface area contributed by atoms with Gasteiger partial charge in [-0.15, -0.1) is 0 Å². The van der Waals surface area contributed by atoms with Gasteiger partial charge >= 0.3 is 17.9 Å². The van der Waals surface area contributed by atoms with E-state index >= 15 is 0 Å². The van der Waals surface area contributed by atoms with E-state index in [0.29, 0.717) is 41.9 Å². The van der Waals surface area contributed by atoms with Gasteiger partial charge < -0.3 is 14.2 Å². The molecule has 4 aliphatic carbocycles. The third kappa shape index (κ3) is 4.87. The minimum atomic E-state index is -0.199. The van der Waals surface area contributed by atoms with E-state index in [0.717, 1.165) is 32.1 Å². The number of esters is 3. The summed E-state index contributed by atoms with van der Waals surface area (Å²) in [7, 11) is 1.47. The SMILES string of the molecule is COC(=O)CC[C@@H](C)[C@H]1CC[C@H]2[C@@H]3[C@H](OC(C)=O)CC4C[C@H](OC(C)=O)CC[C@]4(C)[C@H]3CCC12C. The third-order valence-corrected chi connectivity index (χ3v) is 11.1. The number of carbonyl (C=O) groups excluding carboxylic acids is 3. The Morgan fingerprint density at radius 3 is 2.20 bits per heavy atom. The maximum atomic E-state index is 12.2. The molecule has 0 N–H and O–H groups in total. The van der Waals surface area contributed by atoms with Crippen molar-refractivity contribution in [2.75, 3.05) is 7.11 Å². The first-order valence-electron chi connectivity index (χ1n) is 13.9. The summed E-state index contributed by atoms with van der Waals surface area (Å²) in [4.78, 5) is 35.6.